The molecule has 0 aromatic heterocycles. The van der Waals surface area contributed by atoms with Crippen molar-refractivity contribution in [2.24, 2.45) is 0 Å². The summed E-state index contributed by atoms with van der Waals surface area (Å²) in [5.74, 6) is -0.0753. The van der Waals surface area contributed by atoms with Crippen molar-refractivity contribution in [2.45, 2.75) is 19.8 Å². The summed E-state index contributed by atoms with van der Waals surface area (Å²) >= 11 is 5.88. The standard InChI is InChI=1S/C13H15ClO4/c1-2-3-6-17-13(16)9-18-12-5-4-10(8-15)7-11(12)14/h4-5,7-8H,2-3,6,9H2,1H3. The van der Waals surface area contributed by atoms with Crippen LogP contribution in [0.1, 0.15) is 30.1 Å². The normalized spacial score (nSPS) is 9.89. The molecule has 1 aromatic rings. The van der Waals surface area contributed by atoms with Crippen molar-refractivity contribution in [1.29, 1.82) is 0 Å². The van der Waals surface area contributed by atoms with Crippen LogP contribution in [0, 0.1) is 0 Å². The molecule has 0 fully saturated rings. The molecule has 0 saturated heterocycles. The van der Waals surface area contributed by atoms with E-state index < -0.39 is 5.97 Å². The molecular weight excluding hydrogens is 256 g/mol. The summed E-state index contributed by atoms with van der Waals surface area (Å²) in [6, 6.07) is 4.59. The van der Waals surface area contributed by atoms with E-state index in [-0.39, 0.29) is 6.61 Å². The lowest BCUT2D eigenvalue weighted by Crippen LogP contribution is -2.15. The molecule has 0 N–H and O–H groups in total. The number of unbranched alkanes of at least 4 members (excludes halogenated alkanes) is 1. The lowest BCUT2D eigenvalue weighted by Gasteiger charge is -2.08. The number of hydrogen-bond acceptors (Lipinski definition) is 4. The molecule has 0 aliphatic heterocycles. The molecule has 0 radical (unpaired) electrons. The van der Waals surface area contributed by atoms with Gasteiger partial charge in [-0.2, -0.15) is 0 Å². The van der Waals surface area contributed by atoms with Crippen LogP contribution in [0.2, 0.25) is 5.02 Å². The summed E-state index contributed by atoms with van der Waals surface area (Å²) < 4.78 is 10.1. The van der Waals surface area contributed by atoms with Crippen LogP contribution in [0.25, 0.3) is 0 Å². The third-order valence-electron chi connectivity index (χ3n) is 2.20. The highest BCUT2D eigenvalue weighted by Crippen LogP contribution is 2.24. The van der Waals surface area contributed by atoms with E-state index in [0.717, 1.165) is 12.8 Å². The highest BCUT2D eigenvalue weighted by molar-refractivity contribution is 6.32. The van der Waals surface area contributed by atoms with Gasteiger partial charge in [0.05, 0.1) is 11.6 Å². The molecule has 0 atom stereocenters. The van der Waals surface area contributed by atoms with Crippen LogP contribution < -0.4 is 4.74 Å². The maximum atomic E-state index is 11.3. The molecule has 0 saturated carbocycles. The monoisotopic (exact) mass is 270 g/mol. The van der Waals surface area contributed by atoms with Crippen LogP contribution in [-0.2, 0) is 9.53 Å². The lowest BCUT2D eigenvalue weighted by atomic mass is 10.2. The molecule has 18 heavy (non-hydrogen) atoms. The van der Waals surface area contributed by atoms with Gasteiger partial charge in [0.15, 0.2) is 6.61 Å². The Bertz CT molecular complexity index is 417. The zero-order valence-corrected chi connectivity index (χ0v) is 10.9. The van der Waals surface area contributed by atoms with Crippen molar-refractivity contribution < 1.29 is 19.1 Å². The molecule has 98 valence electrons. The zero-order valence-electron chi connectivity index (χ0n) is 10.1. The molecule has 0 bridgehead atoms. The second-order valence-corrected chi connectivity index (χ2v) is 4.08. The molecule has 4 nitrogen and oxygen atoms in total. The first kappa shape index (κ1) is 14.5. The van der Waals surface area contributed by atoms with Crippen molar-refractivity contribution in [2.75, 3.05) is 13.2 Å². The lowest BCUT2D eigenvalue weighted by molar-refractivity contribution is -0.146. The van der Waals surface area contributed by atoms with Crippen molar-refractivity contribution in [3.63, 3.8) is 0 Å². The molecule has 1 aromatic carbocycles. The molecule has 0 aliphatic carbocycles. The topological polar surface area (TPSA) is 52.6 Å². The molecule has 0 spiro atoms. The van der Waals surface area contributed by atoms with E-state index in [4.69, 9.17) is 21.1 Å². The van der Waals surface area contributed by atoms with Gasteiger partial charge < -0.3 is 9.47 Å². The minimum absolute atomic E-state index is 0.191. The van der Waals surface area contributed by atoms with E-state index in [1.807, 2.05) is 6.92 Å². The highest BCUT2D eigenvalue weighted by Gasteiger charge is 2.07. The Kier molecular flexibility index (Phi) is 6.22. The molecule has 0 aliphatic rings. The van der Waals surface area contributed by atoms with E-state index >= 15 is 0 Å². The van der Waals surface area contributed by atoms with Gasteiger partial charge in [-0.1, -0.05) is 24.9 Å². The highest BCUT2D eigenvalue weighted by atomic mass is 35.5. The summed E-state index contributed by atoms with van der Waals surface area (Å²) in [5.41, 5.74) is 0.456. The predicted octanol–water partition coefficient (Wildman–Crippen LogP) is 2.87. The van der Waals surface area contributed by atoms with E-state index in [2.05, 4.69) is 0 Å². The minimum Gasteiger partial charge on any atom is -0.480 e. The average molecular weight is 271 g/mol. The number of aldehydes is 1. The van der Waals surface area contributed by atoms with Gasteiger partial charge >= 0.3 is 5.97 Å². The van der Waals surface area contributed by atoms with Gasteiger partial charge in [0, 0.05) is 5.56 Å². The Hall–Kier alpha value is -1.55. The molecule has 0 amide bonds. The fraction of sp³-hybridized carbons (Fsp3) is 0.385. The Morgan fingerprint density at radius 1 is 1.44 bits per heavy atom. The number of benzene rings is 1. The van der Waals surface area contributed by atoms with Gasteiger partial charge in [-0.15, -0.1) is 0 Å². The van der Waals surface area contributed by atoms with Gasteiger partial charge in [-0.05, 0) is 24.6 Å². The Morgan fingerprint density at radius 2 is 2.22 bits per heavy atom. The Balaban J connectivity index is 2.43. The fourth-order valence-corrected chi connectivity index (χ4v) is 1.46. The first-order valence-electron chi connectivity index (χ1n) is 5.70. The summed E-state index contributed by atoms with van der Waals surface area (Å²) in [6.07, 6.45) is 2.49. The first-order valence-corrected chi connectivity index (χ1v) is 6.08. The molecule has 5 heteroatoms. The van der Waals surface area contributed by atoms with Crippen LogP contribution >= 0.6 is 11.6 Å². The van der Waals surface area contributed by atoms with E-state index in [1.54, 1.807) is 12.1 Å². The van der Waals surface area contributed by atoms with E-state index in [9.17, 15) is 9.59 Å². The van der Waals surface area contributed by atoms with Crippen LogP contribution in [0.3, 0.4) is 0 Å². The predicted molar refractivity (Wildman–Crippen MR) is 68.2 cm³/mol. The molecule has 0 heterocycles. The summed E-state index contributed by atoms with van der Waals surface area (Å²) in [4.78, 5) is 21.8. The summed E-state index contributed by atoms with van der Waals surface area (Å²) in [6.45, 7) is 2.22. The van der Waals surface area contributed by atoms with Crippen LogP contribution in [-0.4, -0.2) is 25.5 Å². The van der Waals surface area contributed by atoms with Gasteiger partial charge in [0.2, 0.25) is 0 Å². The first-order chi connectivity index (χ1) is 8.67. The number of carbonyl (C=O) groups is 2. The number of hydrogen-bond donors (Lipinski definition) is 0. The van der Waals surface area contributed by atoms with Crippen LogP contribution in [0.5, 0.6) is 5.75 Å². The van der Waals surface area contributed by atoms with Crippen molar-refractivity contribution in [3.05, 3.63) is 28.8 Å². The van der Waals surface area contributed by atoms with Crippen LogP contribution in [0.15, 0.2) is 18.2 Å². The Morgan fingerprint density at radius 3 is 2.83 bits per heavy atom. The van der Waals surface area contributed by atoms with E-state index in [1.165, 1.54) is 6.07 Å². The molecule has 0 unspecified atom stereocenters. The summed E-state index contributed by atoms with van der Waals surface area (Å²) in [5, 5.41) is 0.293. The van der Waals surface area contributed by atoms with Crippen molar-refractivity contribution in [1.82, 2.24) is 0 Å². The van der Waals surface area contributed by atoms with Gasteiger partial charge in [-0.3, -0.25) is 4.79 Å². The third kappa shape index (κ3) is 4.75. The number of halogens is 1. The fourth-order valence-electron chi connectivity index (χ4n) is 1.22. The minimum atomic E-state index is -0.431. The third-order valence-corrected chi connectivity index (χ3v) is 2.49. The number of carbonyl (C=O) groups excluding carboxylic acids is 2. The maximum Gasteiger partial charge on any atom is 0.344 e. The van der Waals surface area contributed by atoms with Crippen molar-refractivity contribution >= 4 is 23.9 Å². The van der Waals surface area contributed by atoms with Gasteiger partial charge in [0.1, 0.15) is 12.0 Å². The van der Waals surface area contributed by atoms with Crippen LogP contribution in [0.4, 0.5) is 0 Å². The number of esters is 1. The maximum absolute atomic E-state index is 11.3. The molecule has 1 rings (SSSR count). The SMILES string of the molecule is CCCCOC(=O)COc1ccc(C=O)cc1Cl. The zero-order chi connectivity index (χ0) is 13.4. The quantitative estimate of drug-likeness (QED) is 0.434. The van der Waals surface area contributed by atoms with Gasteiger partial charge in [-0.25, -0.2) is 4.79 Å². The van der Waals surface area contributed by atoms with Crippen molar-refractivity contribution in [3.8, 4) is 5.75 Å². The smallest absolute Gasteiger partial charge is 0.344 e. The summed E-state index contributed by atoms with van der Waals surface area (Å²) in [7, 11) is 0. The second-order valence-electron chi connectivity index (χ2n) is 3.67. The number of rotatable bonds is 7. The Labute approximate surface area is 111 Å². The molecular formula is C13H15ClO4. The largest absolute Gasteiger partial charge is 0.480 e. The average Bonchev–Trinajstić information content (AvgIpc) is 2.37. The second kappa shape index (κ2) is 7.71. The number of ether oxygens (including phenoxy) is 2. The van der Waals surface area contributed by atoms with E-state index in [0.29, 0.717) is 29.2 Å². The van der Waals surface area contributed by atoms with Gasteiger partial charge in [0.25, 0.3) is 0 Å².